The Kier molecular flexibility index (Phi) is 2.86. The summed E-state index contributed by atoms with van der Waals surface area (Å²) in [5.74, 6) is 0.165. The Bertz CT molecular complexity index is 358. The Labute approximate surface area is 89.5 Å². The highest BCUT2D eigenvalue weighted by molar-refractivity contribution is 5.97. The van der Waals surface area contributed by atoms with Crippen LogP contribution in [0.3, 0.4) is 0 Å². The lowest BCUT2D eigenvalue weighted by Gasteiger charge is -2.26. The number of hydrogen-bond acceptors (Lipinski definition) is 3. The summed E-state index contributed by atoms with van der Waals surface area (Å²) in [6.07, 6.45) is 7.56. The summed E-state index contributed by atoms with van der Waals surface area (Å²) in [7, 11) is 1.82. The number of rotatable bonds is 2. The van der Waals surface area contributed by atoms with Gasteiger partial charge in [-0.15, -0.1) is 0 Å². The Morgan fingerprint density at radius 2 is 2.27 bits per heavy atom. The van der Waals surface area contributed by atoms with Crippen LogP contribution in [0, 0.1) is 5.92 Å². The summed E-state index contributed by atoms with van der Waals surface area (Å²) < 4.78 is 1.65. The van der Waals surface area contributed by atoms with Crippen molar-refractivity contribution in [3.8, 4) is 0 Å². The summed E-state index contributed by atoms with van der Waals surface area (Å²) in [6.45, 7) is 0. The van der Waals surface area contributed by atoms with Crippen LogP contribution in [-0.4, -0.2) is 21.6 Å². The highest BCUT2D eigenvalue weighted by Crippen LogP contribution is 2.25. The lowest BCUT2D eigenvalue weighted by molar-refractivity contribution is 0.0871. The highest BCUT2D eigenvalue weighted by Gasteiger charge is 2.29. The number of ketones is 1. The molecular weight excluding hydrogens is 190 g/mol. The normalized spacial score (nSPS) is 26.5. The van der Waals surface area contributed by atoms with Crippen LogP contribution in [0.2, 0.25) is 0 Å². The summed E-state index contributed by atoms with van der Waals surface area (Å²) in [5.41, 5.74) is 6.67. The maximum atomic E-state index is 12.1. The van der Waals surface area contributed by atoms with Crippen molar-refractivity contribution in [2.75, 3.05) is 0 Å². The van der Waals surface area contributed by atoms with Crippen LogP contribution in [0.4, 0.5) is 0 Å². The van der Waals surface area contributed by atoms with Crippen molar-refractivity contribution in [1.82, 2.24) is 9.78 Å². The number of aryl methyl sites for hydroxylation is 1. The van der Waals surface area contributed by atoms with Crippen LogP contribution in [-0.2, 0) is 7.05 Å². The summed E-state index contributed by atoms with van der Waals surface area (Å²) in [4.78, 5) is 12.1. The monoisotopic (exact) mass is 207 g/mol. The van der Waals surface area contributed by atoms with Gasteiger partial charge in [0.05, 0.1) is 11.8 Å². The van der Waals surface area contributed by atoms with Crippen LogP contribution in [0.5, 0.6) is 0 Å². The van der Waals surface area contributed by atoms with Gasteiger partial charge in [0, 0.05) is 25.2 Å². The number of nitrogens with two attached hydrogens (primary N) is 1. The first-order valence-corrected chi connectivity index (χ1v) is 5.47. The van der Waals surface area contributed by atoms with Gasteiger partial charge in [-0.1, -0.05) is 12.8 Å². The molecule has 1 aliphatic carbocycles. The third-order valence-corrected chi connectivity index (χ3v) is 3.15. The van der Waals surface area contributed by atoms with Gasteiger partial charge in [0.25, 0.3) is 0 Å². The van der Waals surface area contributed by atoms with E-state index in [4.69, 9.17) is 5.73 Å². The second-order valence-electron chi connectivity index (χ2n) is 4.32. The molecule has 4 nitrogen and oxygen atoms in total. The fraction of sp³-hybridized carbons (Fsp3) is 0.636. The molecule has 0 aliphatic heterocycles. The molecule has 0 amide bonds. The average molecular weight is 207 g/mol. The minimum absolute atomic E-state index is 0.00273. The van der Waals surface area contributed by atoms with Crippen LogP contribution < -0.4 is 5.73 Å². The SMILES string of the molecule is Cn1cc(C(=O)C2CCCCC2N)cn1. The molecule has 2 rings (SSSR count). The van der Waals surface area contributed by atoms with Gasteiger partial charge >= 0.3 is 0 Å². The van der Waals surface area contributed by atoms with E-state index in [2.05, 4.69) is 5.10 Å². The maximum absolute atomic E-state index is 12.1. The van der Waals surface area contributed by atoms with E-state index >= 15 is 0 Å². The number of carbonyl (C=O) groups excluding carboxylic acids is 1. The van der Waals surface area contributed by atoms with Crippen LogP contribution >= 0.6 is 0 Å². The molecule has 15 heavy (non-hydrogen) atoms. The first kappa shape index (κ1) is 10.4. The largest absolute Gasteiger partial charge is 0.327 e. The van der Waals surface area contributed by atoms with Gasteiger partial charge in [-0.25, -0.2) is 0 Å². The van der Waals surface area contributed by atoms with E-state index in [9.17, 15) is 4.79 Å². The molecule has 1 heterocycles. The summed E-state index contributed by atoms with van der Waals surface area (Å²) in [5, 5.41) is 4.01. The molecule has 1 aromatic rings. The lowest BCUT2D eigenvalue weighted by atomic mass is 9.81. The van der Waals surface area contributed by atoms with Crippen molar-refractivity contribution < 1.29 is 4.79 Å². The zero-order valence-corrected chi connectivity index (χ0v) is 9.02. The maximum Gasteiger partial charge on any atom is 0.170 e. The highest BCUT2D eigenvalue weighted by atomic mass is 16.1. The topological polar surface area (TPSA) is 60.9 Å². The molecule has 0 aromatic carbocycles. The molecule has 0 radical (unpaired) electrons. The molecular formula is C11H17N3O. The zero-order chi connectivity index (χ0) is 10.8. The van der Waals surface area contributed by atoms with Gasteiger partial charge in [-0.3, -0.25) is 9.48 Å². The molecule has 4 heteroatoms. The lowest BCUT2D eigenvalue weighted by Crippen LogP contribution is -2.38. The van der Waals surface area contributed by atoms with Crippen molar-refractivity contribution >= 4 is 5.78 Å². The molecule has 1 saturated carbocycles. The molecule has 2 unspecified atom stereocenters. The molecule has 82 valence electrons. The number of aromatic nitrogens is 2. The average Bonchev–Trinajstić information content (AvgIpc) is 2.65. The van der Waals surface area contributed by atoms with Gasteiger partial charge < -0.3 is 5.73 Å². The predicted octanol–water partition coefficient (Wildman–Crippen LogP) is 1.12. The van der Waals surface area contributed by atoms with Crippen molar-refractivity contribution in [3.05, 3.63) is 18.0 Å². The number of carbonyl (C=O) groups is 1. The van der Waals surface area contributed by atoms with Crippen LogP contribution in [0.1, 0.15) is 36.0 Å². The quantitative estimate of drug-likeness (QED) is 0.739. The molecule has 0 saturated heterocycles. The van der Waals surface area contributed by atoms with Gasteiger partial charge in [0.2, 0.25) is 0 Å². The van der Waals surface area contributed by atoms with E-state index in [1.807, 2.05) is 7.05 Å². The van der Waals surface area contributed by atoms with E-state index < -0.39 is 0 Å². The number of hydrogen-bond donors (Lipinski definition) is 1. The summed E-state index contributed by atoms with van der Waals surface area (Å²) in [6, 6.07) is 0.0338. The first-order valence-electron chi connectivity index (χ1n) is 5.47. The molecule has 0 bridgehead atoms. The Morgan fingerprint density at radius 3 is 2.87 bits per heavy atom. The smallest absolute Gasteiger partial charge is 0.170 e. The van der Waals surface area contributed by atoms with E-state index in [1.165, 1.54) is 0 Å². The van der Waals surface area contributed by atoms with E-state index in [-0.39, 0.29) is 17.7 Å². The molecule has 2 atom stereocenters. The van der Waals surface area contributed by atoms with Crippen molar-refractivity contribution in [1.29, 1.82) is 0 Å². The van der Waals surface area contributed by atoms with Gasteiger partial charge in [0.1, 0.15) is 0 Å². The molecule has 1 aliphatic rings. The number of Topliss-reactive ketones (excluding diaryl/α,β-unsaturated/α-hetero) is 1. The van der Waals surface area contributed by atoms with E-state index in [0.717, 1.165) is 25.7 Å². The minimum atomic E-state index is 0.00273. The van der Waals surface area contributed by atoms with Crippen molar-refractivity contribution in [2.24, 2.45) is 18.7 Å². The number of nitrogens with zero attached hydrogens (tertiary/aromatic N) is 2. The zero-order valence-electron chi connectivity index (χ0n) is 9.02. The summed E-state index contributed by atoms with van der Waals surface area (Å²) >= 11 is 0. The van der Waals surface area contributed by atoms with Gasteiger partial charge in [-0.2, -0.15) is 5.10 Å². The van der Waals surface area contributed by atoms with Crippen LogP contribution in [0.15, 0.2) is 12.4 Å². The van der Waals surface area contributed by atoms with Gasteiger partial charge in [-0.05, 0) is 12.8 Å². The Morgan fingerprint density at radius 1 is 1.53 bits per heavy atom. The Balaban J connectivity index is 2.13. The fourth-order valence-electron chi connectivity index (χ4n) is 2.25. The molecule has 1 fully saturated rings. The van der Waals surface area contributed by atoms with Crippen LogP contribution in [0.25, 0.3) is 0 Å². The third-order valence-electron chi connectivity index (χ3n) is 3.15. The van der Waals surface area contributed by atoms with Crippen molar-refractivity contribution in [3.63, 3.8) is 0 Å². The second-order valence-corrected chi connectivity index (χ2v) is 4.32. The Hall–Kier alpha value is -1.16. The predicted molar refractivity (Wildman–Crippen MR) is 57.5 cm³/mol. The third kappa shape index (κ3) is 2.09. The second kappa shape index (κ2) is 4.14. The fourth-order valence-corrected chi connectivity index (χ4v) is 2.25. The molecule has 1 aromatic heterocycles. The van der Waals surface area contributed by atoms with E-state index in [0.29, 0.717) is 5.56 Å². The molecule has 2 N–H and O–H groups in total. The van der Waals surface area contributed by atoms with E-state index in [1.54, 1.807) is 17.1 Å². The first-order chi connectivity index (χ1) is 7.18. The standard InChI is InChI=1S/C11H17N3O/c1-14-7-8(6-13-14)11(15)9-4-2-3-5-10(9)12/h6-7,9-10H,2-5,12H2,1H3. The molecule has 0 spiro atoms. The minimum Gasteiger partial charge on any atom is -0.327 e. The van der Waals surface area contributed by atoms with Gasteiger partial charge in [0.15, 0.2) is 5.78 Å². The van der Waals surface area contributed by atoms with Crippen molar-refractivity contribution in [2.45, 2.75) is 31.7 Å².